The molecule has 0 saturated carbocycles. The number of hydrogen-bond acceptors (Lipinski definition) is 3. The summed E-state index contributed by atoms with van der Waals surface area (Å²) in [4.78, 5) is -0.741. The number of hydrogen-bond donors (Lipinski definition) is 1. The van der Waals surface area contributed by atoms with E-state index in [1.807, 2.05) is 0 Å². The van der Waals surface area contributed by atoms with E-state index < -0.39 is 25.5 Å². The SMILES string of the molecule is O=S(=O)(Cl)c1ccc(Br)c(O)c1F. The summed E-state index contributed by atoms with van der Waals surface area (Å²) in [5, 5.41) is 9.01. The van der Waals surface area contributed by atoms with Gasteiger partial charge in [0.25, 0.3) is 9.05 Å². The molecular formula is C6H3BrClFO3S. The van der Waals surface area contributed by atoms with Gasteiger partial charge in [0.2, 0.25) is 0 Å². The van der Waals surface area contributed by atoms with Gasteiger partial charge in [-0.1, -0.05) is 0 Å². The molecule has 0 fully saturated rings. The number of phenols is 1. The number of rotatable bonds is 1. The fourth-order valence-corrected chi connectivity index (χ4v) is 1.92. The van der Waals surface area contributed by atoms with E-state index in [2.05, 4.69) is 15.9 Å². The second kappa shape index (κ2) is 3.43. The molecule has 0 spiro atoms. The minimum Gasteiger partial charge on any atom is -0.504 e. The van der Waals surface area contributed by atoms with Gasteiger partial charge in [0.1, 0.15) is 4.90 Å². The van der Waals surface area contributed by atoms with Crippen LogP contribution in [0.1, 0.15) is 0 Å². The summed E-state index contributed by atoms with van der Waals surface area (Å²) in [6, 6.07) is 2.15. The molecule has 0 radical (unpaired) electrons. The van der Waals surface area contributed by atoms with Crippen molar-refractivity contribution in [2.45, 2.75) is 4.90 Å². The van der Waals surface area contributed by atoms with Gasteiger partial charge in [0.05, 0.1) is 4.47 Å². The molecule has 13 heavy (non-hydrogen) atoms. The Morgan fingerprint density at radius 3 is 2.46 bits per heavy atom. The summed E-state index contributed by atoms with van der Waals surface area (Å²) < 4.78 is 34.5. The minimum absolute atomic E-state index is 0.0640. The molecule has 0 saturated heterocycles. The highest BCUT2D eigenvalue weighted by atomic mass is 79.9. The monoisotopic (exact) mass is 288 g/mol. The third-order valence-electron chi connectivity index (χ3n) is 1.29. The Balaban J connectivity index is 3.53. The van der Waals surface area contributed by atoms with Crippen LogP contribution in [0.25, 0.3) is 0 Å². The summed E-state index contributed by atoms with van der Waals surface area (Å²) >= 11 is 2.82. The third kappa shape index (κ3) is 2.12. The summed E-state index contributed by atoms with van der Waals surface area (Å²) in [7, 11) is 0.738. The molecule has 0 bridgehead atoms. The second-order valence-corrected chi connectivity index (χ2v) is 5.53. The van der Waals surface area contributed by atoms with E-state index in [9.17, 15) is 12.8 Å². The fourth-order valence-electron chi connectivity index (χ4n) is 0.711. The average molecular weight is 290 g/mol. The van der Waals surface area contributed by atoms with E-state index in [4.69, 9.17) is 15.8 Å². The van der Waals surface area contributed by atoms with Gasteiger partial charge in [-0.3, -0.25) is 0 Å². The van der Waals surface area contributed by atoms with Crippen molar-refractivity contribution in [1.82, 2.24) is 0 Å². The smallest absolute Gasteiger partial charge is 0.264 e. The molecule has 72 valence electrons. The first-order chi connectivity index (χ1) is 5.84. The maximum atomic E-state index is 13.0. The van der Waals surface area contributed by atoms with Crippen LogP contribution in [0.3, 0.4) is 0 Å². The van der Waals surface area contributed by atoms with Gasteiger partial charge in [-0.25, -0.2) is 12.8 Å². The first kappa shape index (κ1) is 10.7. The lowest BCUT2D eigenvalue weighted by Gasteiger charge is -2.02. The van der Waals surface area contributed by atoms with Crippen molar-refractivity contribution in [3.8, 4) is 5.75 Å². The Hall–Kier alpha value is -0.330. The van der Waals surface area contributed by atoms with Crippen molar-refractivity contribution >= 4 is 35.7 Å². The lowest BCUT2D eigenvalue weighted by Crippen LogP contribution is -1.95. The van der Waals surface area contributed by atoms with Crippen LogP contribution in [0, 0.1) is 5.82 Å². The van der Waals surface area contributed by atoms with Gasteiger partial charge in [0.15, 0.2) is 11.6 Å². The maximum Gasteiger partial charge on any atom is 0.264 e. The first-order valence-electron chi connectivity index (χ1n) is 2.95. The molecule has 1 aromatic rings. The van der Waals surface area contributed by atoms with Crippen molar-refractivity contribution in [3.63, 3.8) is 0 Å². The summed E-state index contributed by atoms with van der Waals surface area (Å²) in [6.07, 6.45) is 0. The Morgan fingerprint density at radius 2 is 2.00 bits per heavy atom. The van der Waals surface area contributed by atoms with Gasteiger partial charge in [0, 0.05) is 10.7 Å². The predicted molar refractivity (Wildman–Crippen MR) is 48.8 cm³/mol. The highest BCUT2D eigenvalue weighted by Gasteiger charge is 2.20. The Bertz CT molecular complexity index is 445. The molecule has 0 aliphatic carbocycles. The summed E-state index contributed by atoms with van der Waals surface area (Å²) in [5.74, 6) is -2.04. The van der Waals surface area contributed by atoms with Gasteiger partial charge < -0.3 is 5.11 Å². The quantitative estimate of drug-likeness (QED) is 0.807. The van der Waals surface area contributed by atoms with Crippen LogP contribution < -0.4 is 0 Å². The highest BCUT2D eigenvalue weighted by Crippen LogP contribution is 2.32. The average Bonchev–Trinajstić information content (AvgIpc) is 1.98. The van der Waals surface area contributed by atoms with Gasteiger partial charge in [-0.15, -0.1) is 0 Å². The largest absolute Gasteiger partial charge is 0.504 e. The zero-order valence-corrected chi connectivity index (χ0v) is 9.12. The van der Waals surface area contributed by atoms with Crippen molar-refractivity contribution in [2.75, 3.05) is 0 Å². The van der Waals surface area contributed by atoms with Crippen LogP contribution in [-0.2, 0) is 9.05 Å². The van der Waals surface area contributed by atoms with Crippen molar-refractivity contribution in [3.05, 3.63) is 22.4 Å². The van der Waals surface area contributed by atoms with E-state index in [0.717, 1.165) is 6.07 Å². The summed E-state index contributed by atoms with van der Waals surface area (Å²) in [6.45, 7) is 0. The van der Waals surface area contributed by atoms with Crippen molar-refractivity contribution in [2.24, 2.45) is 0 Å². The van der Waals surface area contributed by atoms with Gasteiger partial charge in [-0.2, -0.15) is 0 Å². The van der Waals surface area contributed by atoms with Gasteiger partial charge >= 0.3 is 0 Å². The predicted octanol–water partition coefficient (Wildman–Crippen LogP) is 2.22. The topological polar surface area (TPSA) is 54.4 Å². The zero-order chi connectivity index (χ0) is 10.2. The minimum atomic E-state index is -4.16. The van der Waals surface area contributed by atoms with Gasteiger partial charge in [-0.05, 0) is 28.1 Å². The fraction of sp³-hybridized carbons (Fsp3) is 0. The van der Waals surface area contributed by atoms with Crippen LogP contribution in [-0.4, -0.2) is 13.5 Å². The number of halogens is 3. The second-order valence-electron chi connectivity index (χ2n) is 2.15. The van der Waals surface area contributed by atoms with Crippen LogP contribution in [0.15, 0.2) is 21.5 Å². The van der Waals surface area contributed by atoms with E-state index in [0.29, 0.717) is 0 Å². The molecule has 7 heteroatoms. The Labute approximate surface area is 86.7 Å². The van der Waals surface area contributed by atoms with Crippen LogP contribution in [0.2, 0.25) is 0 Å². The molecule has 3 nitrogen and oxygen atoms in total. The van der Waals surface area contributed by atoms with E-state index in [1.165, 1.54) is 6.07 Å². The maximum absolute atomic E-state index is 13.0. The molecule has 0 atom stereocenters. The van der Waals surface area contributed by atoms with Crippen LogP contribution in [0.4, 0.5) is 4.39 Å². The van der Waals surface area contributed by atoms with Crippen molar-refractivity contribution < 1.29 is 17.9 Å². The molecule has 0 aliphatic heterocycles. The molecule has 0 amide bonds. The van der Waals surface area contributed by atoms with E-state index in [1.54, 1.807) is 0 Å². The molecule has 0 aliphatic rings. The Kier molecular flexibility index (Phi) is 2.84. The van der Waals surface area contributed by atoms with E-state index >= 15 is 0 Å². The molecule has 0 heterocycles. The number of phenolic OH excluding ortho intramolecular Hbond substituents is 1. The lowest BCUT2D eigenvalue weighted by atomic mass is 10.3. The van der Waals surface area contributed by atoms with Crippen LogP contribution >= 0.6 is 26.6 Å². The highest BCUT2D eigenvalue weighted by molar-refractivity contribution is 9.10. The normalized spacial score (nSPS) is 11.6. The first-order valence-corrected chi connectivity index (χ1v) is 6.06. The molecule has 1 N–H and O–H groups in total. The molecule has 0 unspecified atom stereocenters. The Morgan fingerprint density at radius 1 is 1.46 bits per heavy atom. The lowest BCUT2D eigenvalue weighted by molar-refractivity contribution is 0.420. The molecule has 0 aromatic heterocycles. The standard InChI is InChI=1S/C6H3BrClFO3S/c7-3-1-2-4(13(8,11)12)5(9)6(3)10/h1-2,10H. The summed E-state index contributed by atoms with van der Waals surface area (Å²) in [5.41, 5.74) is 0. The number of benzene rings is 1. The van der Waals surface area contributed by atoms with Crippen LogP contribution in [0.5, 0.6) is 5.75 Å². The molecule has 1 rings (SSSR count). The number of aromatic hydroxyl groups is 1. The zero-order valence-electron chi connectivity index (χ0n) is 5.96. The third-order valence-corrected chi connectivity index (χ3v) is 3.27. The molecular weight excluding hydrogens is 286 g/mol. The molecule has 1 aromatic carbocycles. The van der Waals surface area contributed by atoms with E-state index in [-0.39, 0.29) is 4.47 Å². The van der Waals surface area contributed by atoms with Crippen molar-refractivity contribution in [1.29, 1.82) is 0 Å².